The molecule has 0 aromatic heterocycles. The molecule has 1 heterocycles. The molecule has 0 spiro atoms. The molecule has 0 unspecified atom stereocenters. The number of ether oxygens (including phenoxy) is 2. The van der Waals surface area contributed by atoms with E-state index in [9.17, 15) is 9.59 Å². The van der Waals surface area contributed by atoms with E-state index in [0.29, 0.717) is 40.6 Å². The molecule has 0 saturated heterocycles. The number of nitrogens with zero attached hydrogens (tertiary/aromatic N) is 2. The largest absolute Gasteiger partial charge is 0.497 e. The van der Waals surface area contributed by atoms with Gasteiger partial charge in [-0.1, -0.05) is 48.5 Å². The molecule has 4 rings (SSSR count). The molecule has 0 radical (unpaired) electrons. The Labute approximate surface area is 200 Å². The molecule has 0 fully saturated rings. The van der Waals surface area contributed by atoms with Crippen LogP contribution in [0.25, 0.3) is 5.57 Å². The molecule has 0 atom stereocenters. The summed E-state index contributed by atoms with van der Waals surface area (Å²) in [5.41, 5.74) is 4.98. The number of amides is 2. The third-order valence-corrected chi connectivity index (χ3v) is 6.13. The lowest BCUT2D eigenvalue weighted by Gasteiger charge is -2.22. The van der Waals surface area contributed by atoms with Gasteiger partial charge in [0.15, 0.2) is 0 Å². The maximum atomic E-state index is 13.9. The van der Waals surface area contributed by atoms with Crippen LogP contribution in [0.1, 0.15) is 22.3 Å². The lowest BCUT2D eigenvalue weighted by atomic mass is 9.99. The highest BCUT2D eigenvalue weighted by molar-refractivity contribution is 6.45. The van der Waals surface area contributed by atoms with Crippen LogP contribution in [-0.2, 0) is 16.1 Å². The van der Waals surface area contributed by atoms with E-state index in [4.69, 9.17) is 9.47 Å². The fourth-order valence-electron chi connectivity index (χ4n) is 4.16. The number of hydrogen-bond donors (Lipinski definition) is 0. The van der Waals surface area contributed by atoms with E-state index in [0.717, 1.165) is 16.7 Å². The van der Waals surface area contributed by atoms with Gasteiger partial charge in [-0.25, -0.2) is 4.90 Å². The normalized spacial score (nSPS) is 13.5. The van der Waals surface area contributed by atoms with Crippen molar-refractivity contribution in [2.75, 3.05) is 26.2 Å². The molecule has 6 nitrogen and oxygen atoms in total. The first-order valence-corrected chi connectivity index (χ1v) is 11.0. The minimum Gasteiger partial charge on any atom is -0.497 e. The van der Waals surface area contributed by atoms with E-state index in [1.165, 1.54) is 19.1 Å². The van der Waals surface area contributed by atoms with Gasteiger partial charge in [0.05, 0.1) is 25.5 Å². The van der Waals surface area contributed by atoms with E-state index >= 15 is 0 Å². The molecule has 34 heavy (non-hydrogen) atoms. The predicted molar refractivity (Wildman–Crippen MR) is 133 cm³/mol. The Bertz CT molecular complexity index is 1280. The van der Waals surface area contributed by atoms with Gasteiger partial charge in [0, 0.05) is 19.7 Å². The van der Waals surface area contributed by atoms with Crippen molar-refractivity contribution in [3.05, 3.63) is 94.7 Å². The first-order valence-electron chi connectivity index (χ1n) is 11.0. The number of likely N-dealkylation sites (N-methyl/N-ethyl adjacent to an activating group) is 1. The van der Waals surface area contributed by atoms with E-state index < -0.39 is 11.8 Å². The van der Waals surface area contributed by atoms with Crippen molar-refractivity contribution in [2.24, 2.45) is 0 Å². The summed E-state index contributed by atoms with van der Waals surface area (Å²) < 4.78 is 10.8. The Morgan fingerprint density at radius 3 is 2.21 bits per heavy atom. The topological polar surface area (TPSA) is 59.1 Å². The molecule has 174 valence electrons. The molecule has 3 aromatic carbocycles. The summed E-state index contributed by atoms with van der Waals surface area (Å²) in [5, 5.41) is 0. The molecule has 2 amide bonds. The molecule has 6 heteroatoms. The molecule has 1 aliphatic heterocycles. The highest BCUT2D eigenvalue weighted by Gasteiger charge is 2.43. The van der Waals surface area contributed by atoms with Gasteiger partial charge in [-0.2, -0.15) is 0 Å². The van der Waals surface area contributed by atoms with Crippen LogP contribution in [0.15, 0.2) is 72.4 Å². The minimum atomic E-state index is -0.400. The average Bonchev–Trinajstić information content (AvgIpc) is 3.10. The second kappa shape index (κ2) is 9.43. The summed E-state index contributed by atoms with van der Waals surface area (Å²) in [7, 11) is 4.88. The summed E-state index contributed by atoms with van der Waals surface area (Å²) in [4.78, 5) is 30.8. The fourth-order valence-corrected chi connectivity index (χ4v) is 4.16. The van der Waals surface area contributed by atoms with Gasteiger partial charge in [-0.15, -0.1) is 0 Å². The number of hydrogen-bond acceptors (Lipinski definition) is 5. The monoisotopic (exact) mass is 456 g/mol. The molecule has 0 aliphatic carbocycles. The third-order valence-electron chi connectivity index (χ3n) is 6.13. The Balaban J connectivity index is 1.86. The maximum Gasteiger partial charge on any atom is 0.282 e. The number of methoxy groups -OCH3 is 2. The number of imide groups is 1. The number of rotatable bonds is 7. The molecular weight excluding hydrogens is 428 g/mol. The van der Waals surface area contributed by atoms with Crippen molar-refractivity contribution >= 4 is 23.1 Å². The SMILES string of the molecule is COc1ccc(OC)c(N2C(=O)C(c3ccc(C)c(C)c3)=C(N(C)Cc3ccccc3)C2=O)c1. The van der Waals surface area contributed by atoms with Crippen molar-refractivity contribution in [3.63, 3.8) is 0 Å². The molecule has 1 aliphatic rings. The van der Waals surface area contributed by atoms with Gasteiger partial charge in [0.2, 0.25) is 0 Å². The summed E-state index contributed by atoms with van der Waals surface area (Å²) in [6.45, 7) is 4.49. The molecule has 0 saturated carbocycles. The van der Waals surface area contributed by atoms with E-state index in [1.807, 2.05) is 74.3 Å². The fraction of sp³-hybridized carbons (Fsp3) is 0.214. The van der Waals surface area contributed by atoms with Crippen LogP contribution in [-0.4, -0.2) is 38.0 Å². The third kappa shape index (κ3) is 4.15. The summed E-state index contributed by atoms with van der Waals surface area (Å²) in [5.74, 6) is 0.141. The zero-order valence-corrected chi connectivity index (χ0v) is 20.1. The van der Waals surface area contributed by atoms with Gasteiger partial charge < -0.3 is 14.4 Å². The van der Waals surface area contributed by atoms with E-state index in [1.54, 1.807) is 18.2 Å². The lowest BCUT2D eigenvalue weighted by Crippen LogP contribution is -2.34. The Morgan fingerprint density at radius 2 is 1.56 bits per heavy atom. The summed E-state index contributed by atoms with van der Waals surface area (Å²) >= 11 is 0. The van der Waals surface area contributed by atoms with Crippen LogP contribution in [0.4, 0.5) is 5.69 Å². The van der Waals surface area contributed by atoms with Crippen molar-refractivity contribution in [2.45, 2.75) is 20.4 Å². The van der Waals surface area contributed by atoms with Crippen molar-refractivity contribution in [1.29, 1.82) is 0 Å². The van der Waals surface area contributed by atoms with Gasteiger partial charge in [0.1, 0.15) is 17.2 Å². The highest BCUT2D eigenvalue weighted by atomic mass is 16.5. The number of carbonyl (C=O) groups excluding carboxylic acids is 2. The zero-order valence-electron chi connectivity index (χ0n) is 20.1. The average molecular weight is 457 g/mol. The standard InChI is InChI=1S/C28H28N2O4/c1-18-11-12-21(15-19(18)2)25-26(29(3)17-20-9-7-6-8-10-20)28(32)30(27(25)31)23-16-22(33-4)13-14-24(23)34-5/h6-16H,17H2,1-5H3. The minimum absolute atomic E-state index is 0.348. The molecule has 0 N–H and O–H groups in total. The van der Waals surface area contributed by atoms with Gasteiger partial charge >= 0.3 is 0 Å². The van der Waals surface area contributed by atoms with Crippen molar-refractivity contribution in [3.8, 4) is 11.5 Å². The van der Waals surface area contributed by atoms with Crippen LogP contribution in [0.2, 0.25) is 0 Å². The number of aryl methyl sites for hydroxylation is 2. The zero-order chi connectivity index (χ0) is 24.4. The smallest absolute Gasteiger partial charge is 0.282 e. The van der Waals surface area contributed by atoms with Crippen LogP contribution in [0.3, 0.4) is 0 Å². The number of benzene rings is 3. The summed E-state index contributed by atoms with van der Waals surface area (Å²) in [6, 6.07) is 20.7. The summed E-state index contributed by atoms with van der Waals surface area (Å²) in [6.07, 6.45) is 0. The Morgan fingerprint density at radius 1 is 0.824 bits per heavy atom. The lowest BCUT2D eigenvalue weighted by molar-refractivity contribution is -0.120. The number of carbonyl (C=O) groups is 2. The van der Waals surface area contributed by atoms with Crippen LogP contribution in [0.5, 0.6) is 11.5 Å². The second-order valence-corrected chi connectivity index (χ2v) is 8.35. The highest BCUT2D eigenvalue weighted by Crippen LogP contribution is 2.40. The van der Waals surface area contributed by atoms with Gasteiger partial charge in [0.25, 0.3) is 11.8 Å². The van der Waals surface area contributed by atoms with Crippen molar-refractivity contribution in [1.82, 2.24) is 4.90 Å². The van der Waals surface area contributed by atoms with E-state index in [2.05, 4.69) is 0 Å². The van der Waals surface area contributed by atoms with Gasteiger partial charge in [-0.05, 0) is 48.2 Å². The Hall–Kier alpha value is -4.06. The quantitative estimate of drug-likeness (QED) is 0.481. The van der Waals surface area contributed by atoms with E-state index in [-0.39, 0.29) is 0 Å². The Kier molecular flexibility index (Phi) is 6.41. The molecular formula is C28H28N2O4. The van der Waals surface area contributed by atoms with Crippen molar-refractivity contribution < 1.29 is 19.1 Å². The second-order valence-electron chi connectivity index (χ2n) is 8.35. The van der Waals surface area contributed by atoms with Gasteiger partial charge in [-0.3, -0.25) is 9.59 Å². The maximum absolute atomic E-state index is 13.9. The first kappa shape index (κ1) is 23.1. The molecule has 0 bridgehead atoms. The van der Waals surface area contributed by atoms with Crippen LogP contribution in [0, 0.1) is 13.8 Å². The predicted octanol–water partition coefficient (Wildman–Crippen LogP) is 4.74. The van der Waals surface area contributed by atoms with Crippen LogP contribution < -0.4 is 14.4 Å². The van der Waals surface area contributed by atoms with Crippen LogP contribution >= 0.6 is 0 Å². The number of anilines is 1. The first-order chi connectivity index (χ1) is 16.3. The molecule has 3 aromatic rings.